The van der Waals surface area contributed by atoms with E-state index in [1.54, 1.807) is 31.4 Å². The number of aromatic nitrogens is 4. The number of hydrogen-bond acceptors (Lipinski definition) is 5. The van der Waals surface area contributed by atoms with Crippen LogP contribution in [0.2, 0.25) is 0 Å². The topological polar surface area (TPSA) is 88.1 Å². The van der Waals surface area contributed by atoms with Crippen LogP contribution in [0.1, 0.15) is 5.56 Å². The van der Waals surface area contributed by atoms with Gasteiger partial charge in [-0.25, -0.2) is 9.36 Å². The molecular weight excluding hydrogens is 362 g/mol. The quantitative estimate of drug-likeness (QED) is 0.556. The molecule has 2 heterocycles. The number of nitriles is 1. The third-order valence-corrected chi connectivity index (χ3v) is 4.53. The Morgan fingerprint density at radius 1 is 1.15 bits per heavy atom. The Hall–Kier alpha value is -3.70. The molecular formula is C19H13N5O2S. The zero-order valence-corrected chi connectivity index (χ0v) is 15.0. The summed E-state index contributed by atoms with van der Waals surface area (Å²) in [5.41, 5.74) is 1.90. The number of hydrogen-bond donors (Lipinski definition) is 1. The summed E-state index contributed by atoms with van der Waals surface area (Å²) < 4.78 is 8.04. The monoisotopic (exact) mass is 375 g/mol. The average Bonchev–Trinajstić information content (AvgIpc) is 3.08. The summed E-state index contributed by atoms with van der Waals surface area (Å²) in [7, 11) is 1.57. The Labute approximate surface area is 158 Å². The van der Waals surface area contributed by atoms with Gasteiger partial charge in [0, 0.05) is 5.56 Å². The van der Waals surface area contributed by atoms with Crippen molar-refractivity contribution in [2.75, 3.05) is 7.11 Å². The van der Waals surface area contributed by atoms with E-state index in [1.165, 1.54) is 9.08 Å². The van der Waals surface area contributed by atoms with Crippen LogP contribution in [-0.2, 0) is 0 Å². The van der Waals surface area contributed by atoms with E-state index in [4.69, 9.17) is 17.0 Å². The average molecular weight is 375 g/mol. The molecule has 8 heteroatoms. The van der Waals surface area contributed by atoms with E-state index < -0.39 is 5.69 Å². The number of methoxy groups -OCH3 is 1. The van der Waals surface area contributed by atoms with Crippen molar-refractivity contribution in [3.63, 3.8) is 0 Å². The lowest BCUT2D eigenvalue weighted by molar-refractivity contribution is 0.414. The highest BCUT2D eigenvalue weighted by molar-refractivity contribution is 7.71. The molecule has 0 fully saturated rings. The van der Waals surface area contributed by atoms with Crippen molar-refractivity contribution < 1.29 is 4.74 Å². The molecule has 132 valence electrons. The minimum absolute atomic E-state index is 0.164. The van der Waals surface area contributed by atoms with Crippen LogP contribution in [0.15, 0.2) is 59.4 Å². The maximum Gasteiger partial charge on any atom is 0.334 e. The number of aromatic amines is 1. The standard InChI is InChI=1S/C19H13N5O2S/c1-26-14-9-7-13(8-10-14)23-18(25)21-17-15(11-20)16(22-24(17)19(23)27)12-5-3-2-4-6-12/h2-10H,1H3,(H,21,25). The predicted octanol–water partition coefficient (Wildman–Crippen LogP) is 3.09. The number of nitrogens with zero attached hydrogens (tertiary/aromatic N) is 4. The third kappa shape index (κ3) is 2.70. The number of ether oxygens (including phenoxy) is 1. The Morgan fingerprint density at radius 3 is 2.48 bits per heavy atom. The lowest BCUT2D eigenvalue weighted by atomic mass is 10.1. The highest BCUT2D eigenvalue weighted by Gasteiger charge is 2.18. The first-order chi connectivity index (χ1) is 13.1. The first-order valence-corrected chi connectivity index (χ1v) is 8.43. The van der Waals surface area contributed by atoms with Gasteiger partial charge in [0.2, 0.25) is 4.77 Å². The van der Waals surface area contributed by atoms with E-state index in [9.17, 15) is 10.1 Å². The summed E-state index contributed by atoms with van der Waals surface area (Å²) in [4.78, 5) is 15.4. The third-order valence-electron chi connectivity index (χ3n) is 4.18. The highest BCUT2D eigenvalue weighted by Crippen LogP contribution is 2.24. The first kappa shape index (κ1) is 16.8. The van der Waals surface area contributed by atoms with Crippen LogP contribution >= 0.6 is 12.2 Å². The second-order valence-corrected chi connectivity index (χ2v) is 6.07. The molecule has 0 spiro atoms. The Morgan fingerprint density at radius 2 is 1.85 bits per heavy atom. The molecule has 0 aliphatic rings. The Kier molecular flexibility index (Phi) is 4.06. The number of fused-ring (bicyclic) bond motifs is 1. The SMILES string of the molecule is COc1ccc(-n2c(=O)[nH]c3c(C#N)c(-c4ccccc4)nn3c2=S)cc1. The zero-order valence-electron chi connectivity index (χ0n) is 14.2. The molecule has 27 heavy (non-hydrogen) atoms. The van der Waals surface area contributed by atoms with Gasteiger partial charge < -0.3 is 4.74 Å². The van der Waals surface area contributed by atoms with E-state index in [1.807, 2.05) is 30.3 Å². The van der Waals surface area contributed by atoms with Crippen LogP contribution in [0.5, 0.6) is 5.75 Å². The molecule has 0 saturated heterocycles. The molecule has 0 atom stereocenters. The Bertz CT molecular complexity index is 1290. The predicted molar refractivity (Wildman–Crippen MR) is 103 cm³/mol. The van der Waals surface area contributed by atoms with Gasteiger partial charge in [0.1, 0.15) is 23.1 Å². The molecule has 0 amide bonds. The van der Waals surface area contributed by atoms with Crippen LogP contribution in [-0.4, -0.2) is 26.3 Å². The van der Waals surface area contributed by atoms with Crippen molar-refractivity contribution in [3.05, 3.63) is 75.4 Å². The molecule has 4 aromatic rings. The molecule has 1 N–H and O–H groups in total. The minimum atomic E-state index is -0.450. The lowest BCUT2D eigenvalue weighted by Crippen LogP contribution is -2.24. The van der Waals surface area contributed by atoms with Gasteiger partial charge in [0.15, 0.2) is 5.65 Å². The van der Waals surface area contributed by atoms with Gasteiger partial charge in [-0.3, -0.25) is 4.98 Å². The smallest absolute Gasteiger partial charge is 0.334 e. The summed E-state index contributed by atoms with van der Waals surface area (Å²) in [6, 6.07) is 18.3. The van der Waals surface area contributed by atoms with Gasteiger partial charge in [-0.2, -0.15) is 14.9 Å². The number of rotatable bonds is 3. The minimum Gasteiger partial charge on any atom is -0.497 e. The van der Waals surface area contributed by atoms with Crippen molar-refractivity contribution in [1.29, 1.82) is 5.26 Å². The molecule has 0 aliphatic heterocycles. The maximum atomic E-state index is 12.7. The van der Waals surface area contributed by atoms with Crippen LogP contribution in [0, 0.1) is 16.1 Å². The van der Waals surface area contributed by atoms with E-state index in [0.717, 1.165) is 5.56 Å². The van der Waals surface area contributed by atoms with Crippen molar-refractivity contribution in [2.45, 2.75) is 0 Å². The van der Waals surface area contributed by atoms with Crippen LogP contribution in [0.4, 0.5) is 0 Å². The number of H-pyrrole nitrogens is 1. The number of benzene rings is 2. The van der Waals surface area contributed by atoms with Gasteiger partial charge in [0.25, 0.3) is 0 Å². The van der Waals surface area contributed by atoms with Gasteiger partial charge in [-0.05, 0) is 36.5 Å². The fourth-order valence-corrected chi connectivity index (χ4v) is 3.19. The summed E-state index contributed by atoms with van der Waals surface area (Å²) in [5, 5.41) is 14.1. The van der Waals surface area contributed by atoms with Crippen molar-refractivity contribution in [2.24, 2.45) is 0 Å². The highest BCUT2D eigenvalue weighted by atomic mass is 32.1. The normalized spacial score (nSPS) is 10.7. The summed E-state index contributed by atoms with van der Waals surface area (Å²) in [6.45, 7) is 0. The molecule has 2 aromatic heterocycles. The summed E-state index contributed by atoms with van der Waals surface area (Å²) >= 11 is 5.50. The van der Waals surface area contributed by atoms with Gasteiger partial charge >= 0.3 is 5.69 Å². The van der Waals surface area contributed by atoms with E-state index >= 15 is 0 Å². The van der Waals surface area contributed by atoms with Crippen LogP contribution < -0.4 is 10.4 Å². The van der Waals surface area contributed by atoms with Crippen molar-refractivity contribution in [3.8, 4) is 28.8 Å². The first-order valence-electron chi connectivity index (χ1n) is 8.02. The maximum absolute atomic E-state index is 12.7. The van der Waals surface area contributed by atoms with Gasteiger partial charge in [0.05, 0.1) is 12.8 Å². The number of nitrogens with one attached hydrogen (secondary N) is 1. The summed E-state index contributed by atoms with van der Waals surface area (Å²) in [6.07, 6.45) is 0. The second-order valence-electron chi connectivity index (χ2n) is 5.71. The molecule has 0 aliphatic carbocycles. The summed E-state index contributed by atoms with van der Waals surface area (Å²) in [5.74, 6) is 0.667. The van der Waals surface area contributed by atoms with Crippen molar-refractivity contribution in [1.82, 2.24) is 19.2 Å². The van der Waals surface area contributed by atoms with E-state index in [-0.39, 0.29) is 16.0 Å². The fraction of sp³-hybridized carbons (Fsp3) is 0.0526. The van der Waals surface area contributed by atoms with Crippen LogP contribution in [0.3, 0.4) is 0 Å². The Balaban J connectivity index is 2.01. The molecule has 4 rings (SSSR count). The lowest BCUT2D eigenvalue weighted by Gasteiger charge is -2.07. The molecule has 0 unspecified atom stereocenters. The molecule has 0 bridgehead atoms. The molecule has 0 saturated carbocycles. The van der Waals surface area contributed by atoms with Crippen molar-refractivity contribution >= 4 is 17.9 Å². The molecule has 7 nitrogen and oxygen atoms in total. The van der Waals surface area contributed by atoms with E-state index in [2.05, 4.69) is 16.2 Å². The van der Waals surface area contributed by atoms with Crippen LogP contribution in [0.25, 0.3) is 22.6 Å². The second kappa shape index (κ2) is 6.55. The zero-order chi connectivity index (χ0) is 19.0. The van der Waals surface area contributed by atoms with E-state index in [0.29, 0.717) is 17.1 Å². The van der Waals surface area contributed by atoms with Gasteiger partial charge in [-0.15, -0.1) is 0 Å². The fourth-order valence-electron chi connectivity index (χ4n) is 2.87. The molecule has 0 radical (unpaired) electrons. The largest absolute Gasteiger partial charge is 0.497 e. The molecule has 2 aromatic carbocycles. The van der Waals surface area contributed by atoms with Gasteiger partial charge in [-0.1, -0.05) is 30.3 Å².